The maximum Gasteiger partial charge on any atom is 0.238 e. The minimum absolute atomic E-state index is 0.128. The van der Waals surface area contributed by atoms with Crippen molar-refractivity contribution in [1.82, 2.24) is 4.90 Å². The average molecular weight is 398 g/mol. The quantitative estimate of drug-likeness (QED) is 0.633. The van der Waals surface area contributed by atoms with Gasteiger partial charge in [0.1, 0.15) is 5.75 Å². The van der Waals surface area contributed by atoms with Gasteiger partial charge in [-0.05, 0) is 42.6 Å². The van der Waals surface area contributed by atoms with E-state index in [4.69, 9.17) is 4.74 Å². The molecule has 0 heterocycles. The number of anilines is 2. The molecule has 6 heteroatoms. The van der Waals surface area contributed by atoms with Crippen LogP contribution in [-0.2, 0) is 9.59 Å². The number of methoxy groups -OCH3 is 1. The molecule has 156 valence electrons. The maximum atomic E-state index is 12.6. The molecule has 6 nitrogen and oxygen atoms in total. The van der Waals surface area contributed by atoms with E-state index < -0.39 is 0 Å². The number of rotatable bonds is 10. The average Bonchev–Trinajstić information content (AvgIpc) is 2.73. The molecule has 0 aliphatic carbocycles. The third-order valence-corrected chi connectivity index (χ3v) is 4.91. The molecule has 2 rings (SSSR count). The molecule has 29 heavy (non-hydrogen) atoms. The Morgan fingerprint density at radius 1 is 1.00 bits per heavy atom. The van der Waals surface area contributed by atoms with E-state index in [1.807, 2.05) is 43.3 Å². The number of nitrogens with one attached hydrogen (secondary N) is 2. The van der Waals surface area contributed by atoms with Crippen LogP contribution in [-0.4, -0.2) is 43.5 Å². The summed E-state index contributed by atoms with van der Waals surface area (Å²) in [6.45, 7) is 7.07. The van der Waals surface area contributed by atoms with Gasteiger partial charge in [0, 0.05) is 17.4 Å². The highest BCUT2D eigenvalue weighted by atomic mass is 16.5. The van der Waals surface area contributed by atoms with Crippen LogP contribution in [0.2, 0.25) is 0 Å². The molecule has 0 radical (unpaired) electrons. The summed E-state index contributed by atoms with van der Waals surface area (Å²) in [5.41, 5.74) is 2.63. The first-order valence-electron chi connectivity index (χ1n) is 10.0. The molecule has 2 N–H and O–H groups in total. The Morgan fingerprint density at radius 2 is 1.69 bits per heavy atom. The molecule has 0 aliphatic rings. The van der Waals surface area contributed by atoms with Crippen LogP contribution < -0.4 is 15.4 Å². The third kappa shape index (κ3) is 6.91. The normalized spacial score (nSPS) is 11.8. The van der Waals surface area contributed by atoms with Crippen LogP contribution in [0.15, 0.2) is 48.5 Å². The molecule has 0 spiro atoms. The fourth-order valence-corrected chi connectivity index (χ4v) is 3.04. The highest BCUT2D eigenvalue weighted by Crippen LogP contribution is 2.26. The zero-order valence-electron chi connectivity index (χ0n) is 17.7. The van der Waals surface area contributed by atoms with E-state index in [0.717, 1.165) is 17.7 Å². The number of hydrogen-bond acceptors (Lipinski definition) is 4. The largest absolute Gasteiger partial charge is 0.497 e. The number of carbonyl (C=O) groups excluding carboxylic acids is 2. The number of likely N-dealkylation sites (N-methyl/N-ethyl adjacent to an activating group) is 1. The lowest BCUT2D eigenvalue weighted by Gasteiger charge is -2.21. The van der Waals surface area contributed by atoms with Crippen LogP contribution >= 0.6 is 0 Å². The predicted molar refractivity (Wildman–Crippen MR) is 118 cm³/mol. The second kappa shape index (κ2) is 11.2. The van der Waals surface area contributed by atoms with Gasteiger partial charge in [-0.15, -0.1) is 0 Å². The smallest absolute Gasteiger partial charge is 0.238 e. The SMILES string of the molecule is CC[C@@H](C)c1ccccc1NC(=O)CN(CC)CC(=O)Nc1cccc(OC)c1. The summed E-state index contributed by atoms with van der Waals surface area (Å²) in [5, 5.41) is 5.84. The van der Waals surface area contributed by atoms with Gasteiger partial charge in [0.25, 0.3) is 0 Å². The summed E-state index contributed by atoms with van der Waals surface area (Å²) in [4.78, 5) is 26.7. The molecule has 0 fully saturated rings. The molecule has 0 aliphatic heterocycles. The minimum Gasteiger partial charge on any atom is -0.497 e. The number of para-hydroxylation sites is 1. The van der Waals surface area contributed by atoms with E-state index in [2.05, 4.69) is 24.5 Å². The number of carbonyl (C=O) groups is 2. The molecule has 2 amide bonds. The Labute approximate surface area is 173 Å². The first-order chi connectivity index (χ1) is 14.0. The summed E-state index contributed by atoms with van der Waals surface area (Å²) in [6, 6.07) is 15.1. The van der Waals surface area contributed by atoms with Crippen molar-refractivity contribution >= 4 is 23.2 Å². The summed E-state index contributed by atoms with van der Waals surface area (Å²) >= 11 is 0. The lowest BCUT2D eigenvalue weighted by Crippen LogP contribution is -2.38. The van der Waals surface area contributed by atoms with Crippen LogP contribution in [0.4, 0.5) is 11.4 Å². The number of benzene rings is 2. The van der Waals surface area contributed by atoms with Gasteiger partial charge in [0.05, 0.1) is 20.2 Å². The van der Waals surface area contributed by atoms with E-state index in [1.165, 1.54) is 0 Å². The minimum atomic E-state index is -0.173. The molecule has 0 bridgehead atoms. The standard InChI is InChI=1S/C23H31N3O3/c1-5-17(3)20-12-7-8-13-21(20)25-23(28)16-26(6-2)15-22(27)24-18-10-9-11-19(14-18)29-4/h7-14,17H,5-6,15-16H2,1-4H3,(H,24,27)(H,25,28)/t17-/m1/s1. The molecule has 0 saturated heterocycles. The van der Waals surface area contributed by atoms with Crippen LogP contribution in [0.25, 0.3) is 0 Å². The Balaban J connectivity index is 1.93. The molecule has 2 aromatic carbocycles. The summed E-state index contributed by atoms with van der Waals surface area (Å²) < 4.78 is 5.17. The van der Waals surface area contributed by atoms with E-state index in [0.29, 0.717) is 23.9 Å². The van der Waals surface area contributed by atoms with Crippen LogP contribution in [0.1, 0.15) is 38.7 Å². The summed E-state index contributed by atoms with van der Waals surface area (Å²) in [6.07, 6.45) is 0.998. The zero-order valence-corrected chi connectivity index (χ0v) is 17.7. The molecule has 0 unspecified atom stereocenters. The van der Waals surface area contributed by atoms with Crippen molar-refractivity contribution < 1.29 is 14.3 Å². The monoisotopic (exact) mass is 397 g/mol. The van der Waals surface area contributed by atoms with Crippen molar-refractivity contribution in [3.63, 3.8) is 0 Å². The van der Waals surface area contributed by atoms with Crippen molar-refractivity contribution in [2.45, 2.75) is 33.1 Å². The second-order valence-electron chi connectivity index (χ2n) is 7.03. The van der Waals surface area contributed by atoms with Crippen LogP contribution in [0.5, 0.6) is 5.75 Å². The molecule has 1 atom stereocenters. The topological polar surface area (TPSA) is 70.7 Å². The van der Waals surface area contributed by atoms with Crippen molar-refractivity contribution in [2.24, 2.45) is 0 Å². The van der Waals surface area contributed by atoms with Crippen LogP contribution in [0, 0.1) is 0 Å². The number of ether oxygens (including phenoxy) is 1. The van der Waals surface area contributed by atoms with E-state index >= 15 is 0 Å². The lowest BCUT2D eigenvalue weighted by atomic mass is 9.97. The molecule has 0 aromatic heterocycles. The van der Waals surface area contributed by atoms with Crippen molar-refractivity contribution in [1.29, 1.82) is 0 Å². The Bertz CT molecular complexity index is 823. The van der Waals surface area contributed by atoms with E-state index in [1.54, 1.807) is 24.1 Å². The Hall–Kier alpha value is -2.86. The van der Waals surface area contributed by atoms with Gasteiger partial charge in [-0.2, -0.15) is 0 Å². The van der Waals surface area contributed by atoms with E-state index in [-0.39, 0.29) is 24.9 Å². The van der Waals surface area contributed by atoms with Gasteiger partial charge in [0.15, 0.2) is 0 Å². The predicted octanol–water partition coefficient (Wildman–Crippen LogP) is 4.11. The van der Waals surface area contributed by atoms with Crippen LogP contribution in [0.3, 0.4) is 0 Å². The zero-order chi connectivity index (χ0) is 21.2. The molecule has 0 saturated carbocycles. The fraction of sp³-hybridized carbons (Fsp3) is 0.391. The van der Waals surface area contributed by atoms with Gasteiger partial charge < -0.3 is 15.4 Å². The third-order valence-electron chi connectivity index (χ3n) is 4.91. The highest BCUT2D eigenvalue weighted by Gasteiger charge is 2.16. The number of nitrogens with zero attached hydrogens (tertiary/aromatic N) is 1. The van der Waals surface area contributed by atoms with E-state index in [9.17, 15) is 9.59 Å². The Morgan fingerprint density at radius 3 is 2.34 bits per heavy atom. The molecular weight excluding hydrogens is 366 g/mol. The number of amides is 2. The second-order valence-corrected chi connectivity index (χ2v) is 7.03. The van der Waals surface area contributed by atoms with Gasteiger partial charge in [-0.3, -0.25) is 14.5 Å². The molecule has 2 aromatic rings. The van der Waals surface area contributed by atoms with Gasteiger partial charge in [0.2, 0.25) is 11.8 Å². The number of hydrogen-bond donors (Lipinski definition) is 2. The molecular formula is C23H31N3O3. The van der Waals surface area contributed by atoms with Crippen molar-refractivity contribution in [3.05, 3.63) is 54.1 Å². The first kappa shape index (κ1) is 22.4. The van der Waals surface area contributed by atoms with Gasteiger partial charge in [-0.1, -0.05) is 45.0 Å². The Kier molecular flexibility index (Phi) is 8.68. The first-order valence-corrected chi connectivity index (χ1v) is 10.0. The van der Waals surface area contributed by atoms with Crippen molar-refractivity contribution in [3.8, 4) is 5.75 Å². The summed E-state index contributed by atoms with van der Waals surface area (Å²) in [7, 11) is 1.58. The van der Waals surface area contributed by atoms with Crippen molar-refractivity contribution in [2.75, 3.05) is 37.4 Å². The van der Waals surface area contributed by atoms with Gasteiger partial charge >= 0.3 is 0 Å². The fourth-order valence-electron chi connectivity index (χ4n) is 3.04. The maximum absolute atomic E-state index is 12.6. The lowest BCUT2D eigenvalue weighted by molar-refractivity contribution is -0.119. The highest BCUT2D eigenvalue weighted by molar-refractivity contribution is 5.95. The van der Waals surface area contributed by atoms with Gasteiger partial charge in [-0.25, -0.2) is 0 Å². The summed E-state index contributed by atoms with van der Waals surface area (Å²) in [5.74, 6) is 0.738.